The summed E-state index contributed by atoms with van der Waals surface area (Å²) in [4.78, 5) is 31.6. The molecule has 4 aromatic rings. The van der Waals surface area contributed by atoms with Crippen molar-refractivity contribution in [3.8, 4) is 23.0 Å². The number of piperazine rings is 1. The van der Waals surface area contributed by atoms with E-state index in [4.69, 9.17) is 39.0 Å². The molecule has 5 atom stereocenters. The highest BCUT2D eigenvalue weighted by Crippen LogP contribution is 2.49. The molecule has 9 rings (SSSR count). The van der Waals surface area contributed by atoms with Gasteiger partial charge >= 0.3 is 12.0 Å². The zero-order valence-electron chi connectivity index (χ0n) is 28.7. The Bertz CT molecular complexity index is 1960. The van der Waals surface area contributed by atoms with Crippen molar-refractivity contribution in [2.75, 3.05) is 58.3 Å². The number of fused-ring (bicyclic) bond motifs is 7. The molecule has 2 aromatic heterocycles. The molecular weight excluding hydrogens is 636 g/mol. The number of nitrogens with one attached hydrogen (secondary N) is 1. The molecule has 0 radical (unpaired) electrons. The Balaban J connectivity index is 1.12. The van der Waals surface area contributed by atoms with E-state index < -0.39 is 5.97 Å². The maximum atomic E-state index is 11.1. The van der Waals surface area contributed by atoms with Gasteiger partial charge in [-0.3, -0.25) is 9.88 Å². The van der Waals surface area contributed by atoms with Gasteiger partial charge in [-0.25, -0.2) is 4.79 Å². The van der Waals surface area contributed by atoms with Crippen molar-refractivity contribution in [3.63, 3.8) is 0 Å². The molecule has 4 fully saturated rings. The summed E-state index contributed by atoms with van der Waals surface area (Å²) >= 11 is 0. The van der Waals surface area contributed by atoms with Gasteiger partial charge in [0.15, 0.2) is 6.79 Å². The maximum Gasteiger partial charge on any atom is 0.329 e. The van der Waals surface area contributed by atoms with Gasteiger partial charge in [0.25, 0.3) is 0 Å². The number of ether oxygens (including phenoxy) is 4. The summed E-state index contributed by atoms with van der Waals surface area (Å²) in [5, 5.41) is 16.1. The van der Waals surface area contributed by atoms with E-state index >= 15 is 0 Å². The smallest absolute Gasteiger partial charge is 0.329 e. The van der Waals surface area contributed by atoms with Crippen molar-refractivity contribution < 1.29 is 28.8 Å². The number of hydrogen-bond acceptors (Lipinski definition) is 11. The van der Waals surface area contributed by atoms with E-state index in [0.29, 0.717) is 31.3 Å². The van der Waals surface area contributed by atoms with Gasteiger partial charge in [-0.1, -0.05) is 25.1 Å². The quantitative estimate of drug-likeness (QED) is 0.213. The number of aliphatic carboxylic acids is 1. The first-order valence-electron chi connectivity index (χ1n) is 18.0. The lowest BCUT2D eigenvalue weighted by Gasteiger charge is -2.36. The molecule has 2 bridgehead atoms. The van der Waals surface area contributed by atoms with Crippen molar-refractivity contribution in [3.05, 3.63) is 47.7 Å². The molecule has 0 saturated carbocycles. The van der Waals surface area contributed by atoms with Crippen LogP contribution in [0.4, 0.5) is 5.82 Å². The van der Waals surface area contributed by atoms with Gasteiger partial charge in [0, 0.05) is 61.6 Å². The molecule has 262 valence electrons. The molecule has 2 aromatic carbocycles. The second-order valence-electron chi connectivity index (χ2n) is 14.8. The number of methoxy groups -OCH3 is 1. The Hall–Kier alpha value is -4.10. The molecule has 12 heteroatoms. The van der Waals surface area contributed by atoms with Gasteiger partial charge < -0.3 is 34.3 Å². The highest BCUT2D eigenvalue weighted by Gasteiger charge is 2.50. The van der Waals surface area contributed by atoms with Crippen molar-refractivity contribution in [1.82, 2.24) is 25.2 Å². The van der Waals surface area contributed by atoms with E-state index in [9.17, 15) is 4.79 Å². The van der Waals surface area contributed by atoms with Crippen LogP contribution in [0.15, 0.2) is 36.5 Å². The highest BCUT2D eigenvalue weighted by atomic mass is 16.7. The third-order valence-electron chi connectivity index (χ3n) is 11.8. The molecule has 50 heavy (non-hydrogen) atoms. The molecule has 0 spiro atoms. The van der Waals surface area contributed by atoms with Crippen LogP contribution in [0.25, 0.3) is 32.9 Å². The minimum atomic E-state index is -0.937. The first-order chi connectivity index (χ1) is 24.4. The van der Waals surface area contributed by atoms with E-state index in [1.165, 1.54) is 23.8 Å². The van der Waals surface area contributed by atoms with Crippen LogP contribution >= 0.6 is 0 Å². The standard InChI is InChI=1S/C38H44N6O6/c1-22-28-6-3-5-23-13-27(50-21-47-2)14-29(33(23)28)34-32(22)35-30(15-39-34)36(43-16-24-7-8-25(17-43)40-24)42-37(41-35)49-20-38-10-4-12-44(38)26(9-11-38)18-48-19-31(45)46/h3,5-6,13-15,22,24-26,40H,4,7-12,16-21H2,1-2H3,(H,45,46)/t22?,24?,25?,26-,38-/m0/s1. The van der Waals surface area contributed by atoms with Gasteiger partial charge in [-0.15, -0.1) is 0 Å². The van der Waals surface area contributed by atoms with Gasteiger partial charge in [0.1, 0.15) is 24.8 Å². The summed E-state index contributed by atoms with van der Waals surface area (Å²) in [6.07, 6.45) is 8.32. The number of pyridine rings is 1. The molecule has 12 nitrogen and oxygen atoms in total. The average molecular weight is 681 g/mol. The first-order valence-corrected chi connectivity index (χ1v) is 18.0. The lowest BCUT2D eigenvalue weighted by atomic mass is 9.79. The van der Waals surface area contributed by atoms with Gasteiger partial charge in [-0.2, -0.15) is 9.97 Å². The largest absolute Gasteiger partial charge is 0.480 e. The molecule has 6 heterocycles. The van der Waals surface area contributed by atoms with Gasteiger partial charge in [-0.05, 0) is 73.5 Å². The third kappa shape index (κ3) is 5.35. The number of anilines is 1. The fraction of sp³-hybridized carbons (Fsp3) is 0.526. The van der Waals surface area contributed by atoms with Crippen molar-refractivity contribution in [2.24, 2.45) is 0 Å². The first kappa shape index (κ1) is 31.9. The van der Waals surface area contributed by atoms with Crippen molar-refractivity contribution in [2.45, 2.75) is 75.0 Å². The highest BCUT2D eigenvalue weighted by molar-refractivity contribution is 6.06. The van der Waals surface area contributed by atoms with Crippen LogP contribution in [0.3, 0.4) is 0 Å². The Labute approximate surface area is 291 Å². The second-order valence-corrected chi connectivity index (χ2v) is 14.8. The Morgan fingerprint density at radius 1 is 1.10 bits per heavy atom. The van der Waals surface area contributed by atoms with E-state index in [1.807, 2.05) is 6.20 Å². The predicted molar refractivity (Wildman–Crippen MR) is 188 cm³/mol. The zero-order chi connectivity index (χ0) is 34.0. The molecule has 2 N–H and O–H groups in total. The number of aromatic nitrogens is 3. The summed E-state index contributed by atoms with van der Waals surface area (Å²) < 4.78 is 23.4. The van der Waals surface area contributed by atoms with E-state index in [0.717, 1.165) is 90.0 Å². The number of hydrogen-bond donors (Lipinski definition) is 2. The van der Waals surface area contributed by atoms with Crippen LogP contribution < -0.4 is 19.7 Å². The second kappa shape index (κ2) is 12.6. The summed E-state index contributed by atoms with van der Waals surface area (Å²) in [6, 6.07) is 12.1. The fourth-order valence-electron chi connectivity index (χ4n) is 9.59. The predicted octanol–water partition coefficient (Wildman–Crippen LogP) is 4.71. The molecule has 1 aliphatic carbocycles. The minimum Gasteiger partial charge on any atom is -0.480 e. The lowest BCUT2D eigenvalue weighted by molar-refractivity contribution is -0.142. The van der Waals surface area contributed by atoms with E-state index in [-0.39, 0.29) is 30.9 Å². The van der Waals surface area contributed by atoms with Crippen LogP contribution in [0.2, 0.25) is 0 Å². The Morgan fingerprint density at radius 3 is 2.78 bits per heavy atom. The van der Waals surface area contributed by atoms with Crippen LogP contribution in [0.1, 0.15) is 62.5 Å². The molecule has 4 aliphatic heterocycles. The van der Waals surface area contributed by atoms with Crippen molar-refractivity contribution >= 4 is 33.5 Å². The molecular formula is C38H44N6O6. The number of carbonyl (C=O) groups is 1. The van der Waals surface area contributed by atoms with Crippen LogP contribution in [-0.2, 0) is 14.3 Å². The van der Waals surface area contributed by atoms with Crippen LogP contribution in [0, 0.1) is 0 Å². The molecule has 4 saturated heterocycles. The Morgan fingerprint density at radius 2 is 1.96 bits per heavy atom. The van der Waals surface area contributed by atoms with Crippen LogP contribution in [0.5, 0.6) is 11.8 Å². The molecule has 0 amide bonds. The number of nitrogens with zero attached hydrogens (tertiary/aromatic N) is 5. The van der Waals surface area contributed by atoms with E-state index in [2.05, 4.69) is 52.4 Å². The summed E-state index contributed by atoms with van der Waals surface area (Å²) in [5.74, 6) is 0.733. The van der Waals surface area contributed by atoms with Crippen molar-refractivity contribution in [1.29, 1.82) is 0 Å². The fourth-order valence-corrected chi connectivity index (χ4v) is 9.59. The molecule has 3 unspecified atom stereocenters. The zero-order valence-corrected chi connectivity index (χ0v) is 28.7. The van der Waals surface area contributed by atoms with Gasteiger partial charge in [0.05, 0.1) is 28.7 Å². The maximum absolute atomic E-state index is 11.1. The summed E-state index contributed by atoms with van der Waals surface area (Å²) in [7, 11) is 1.63. The topological polar surface area (TPSA) is 131 Å². The SMILES string of the molecule is COCOc1cc2c3c(cccc3c1)C(C)c1c-2ncc2c(N3CC4CCC(C3)N4)nc(OC[C@@]34CCCN3[C@H](COCC(=O)O)CC4)nc12. The Kier molecular flexibility index (Phi) is 8.02. The normalized spacial score (nSPS) is 26.8. The average Bonchev–Trinajstić information content (AvgIpc) is 3.80. The number of rotatable bonds is 11. The summed E-state index contributed by atoms with van der Waals surface area (Å²) in [5.41, 5.74) is 5.00. The number of benzene rings is 2. The number of carboxylic acid groups (broad SMARTS) is 1. The minimum absolute atomic E-state index is 0.0447. The van der Waals surface area contributed by atoms with Gasteiger partial charge in [0.2, 0.25) is 0 Å². The summed E-state index contributed by atoms with van der Waals surface area (Å²) in [6.45, 7) is 5.76. The van der Waals surface area contributed by atoms with Crippen LogP contribution in [-0.4, -0.2) is 108 Å². The number of carboxylic acids is 1. The third-order valence-corrected chi connectivity index (χ3v) is 11.8. The monoisotopic (exact) mass is 680 g/mol. The lowest BCUT2D eigenvalue weighted by Crippen LogP contribution is -2.51. The molecule has 5 aliphatic rings. The van der Waals surface area contributed by atoms with E-state index in [1.54, 1.807) is 7.11 Å².